The third-order valence-corrected chi connectivity index (χ3v) is 3.26. The van der Waals surface area contributed by atoms with Crippen molar-refractivity contribution in [3.8, 4) is 0 Å². The van der Waals surface area contributed by atoms with Gasteiger partial charge in [-0.2, -0.15) is 0 Å². The third kappa shape index (κ3) is 2.32. The van der Waals surface area contributed by atoms with E-state index >= 15 is 0 Å². The molecular formula is C12H15N3O3. The summed E-state index contributed by atoms with van der Waals surface area (Å²) in [4.78, 5) is 27.8. The second kappa shape index (κ2) is 4.72. The summed E-state index contributed by atoms with van der Waals surface area (Å²) in [6.07, 6.45) is 1.80. The SMILES string of the molecule is Cc1cc(N2CCC(=O)C(C)C2)ncc1[N+](=O)[O-]. The van der Waals surface area contributed by atoms with E-state index < -0.39 is 4.92 Å². The van der Waals surface area contributed by atoms with Gasteiger partial charge >= 0.3 is 0 Å². The summed E-state index contributed by atoms with van der Waals surface area (Å²) in [5, 5.41) is 10.7. The van der Waals surface area contributed by atoms with Crippen LogP contribution in [0.15, 0.2) is 12.3 Å². The third-order valence-electron chi connectivity index (χ3n) is 3.26. The standard InChI is InChI=1S/C12H15N3O3/c1-8-5-12(13-6-10(8)15(17)18)14-4-3-11(16)9(2)7-14/h5-6,9H,3-4,7H2,1-2H3. The fourth-order valence-electron chi connectivity index (χ4n) is 2.12. The van der Waals surface area contributed by atoms with Crippen LogP contribution in [-0.2, 0) is 4.79 Å². The van der Waals surface area contributed by atoms with Crippen molar-refractivity contribution in [1.82, 2.24) is 4.98 Å². The van der Waals surface area contributed by atoms with Gasteiger partial charge in [0, 0.05) is 31.0 Å². The molecule has 2 heterocycles. The summed E-state index contributed by atoms with van der Waals surface area (Å²) in [7, 11) is 0. The molecule has 1 fully saturated rings. The van der Waals surface area contributed by atoms with Gasteiger partial charge in [-0.25, -0.2) is 4.98 Å². The van der Waals surface area contributed by atoms with E-state index in [9.17, 15) is 14.9 Å². The minimum atomic E-state index is -0.436. The van der Waals surface area contributed by atoms with Crippen LogP contribution >= 0.6 is 0 Å². The maximum Gasteiger partial charge on any atom is 0.290 e. The van der Waals surface area contributed by atoms with Crippen molar-refractivity contribution >= 4 is 17.3 Å². The maximum absolute atomic E-state index is 11.4. The van der Waals surface area contributed by atoms with E-state index in [0.29, 0.717) is 30.9 Å². The van der Waals surface area contributed by atoms with Crippen molar-refractivity contribution in [2.24, 2.45) is 5.92 Å². The quantitative estimate of drug-likeness (QED) is 0.589. The molecular weight excluding hydrogens is 234 g/mol. The summed E-state index contributed by atoms with van der Waals surface area (Å²) in [5.41, 5.74) is 0.620. The number of hydrogen-bond donors (Lipinski definition) is 0. The summed E-state index contributed by atoms with van der Waals surface area (Å²) in [6.45, 7) is 4.85. The van der Waals surface area contributed by atoms with Gasteiger partial charge in [0.25, 0.3) is 5.69 Å². The Morgan fingerprint density at radius 1 is 1.56 bits per heavy atom. The summed E-state index contributed by atoms with van der Waals surface area (Å²) < 4.78 is 0. The fourth-order valence-corrected chi connectivity index (χ4v) is 2.12. The first-order valence-corrected chi connectivity index (χ1v) is 5.87. The second-order valence-electron chi connectivity index (χ2n) is 4.65. The summed E-state index contributed by atoms with van der Waals surface area (Å²) in [6, 6.07) is 1.71. The number of hydrogen-bond acceptors (Lipinski definition) is 5. The second-order valence-corrected chi connectivity index (χ2v) is 4.65. The molecule has 96 valence electrons. The van der Waals surface area contributed by atoms with E-state index in [-0.39, 0.29) is 17.4 Å². The van der Waals surface area contributed by atoms with Crippen LogP contribution in [0.2, 0.25) is 0 Å². The summed E-state index contributed by atoms with van der Waals surface area (Å²) in [5.74, 6) is 0.971. The minimum Gasteiger partial charge on any atom is -0.355 e. The van der Waals surface area contributed by atoms with E-state index in [1.54, 1.807) is 13.0 Å². The van der Waals surface area contributed by atoms with Crippen LogP contribution in [0.4, 0.5) is 11.5 Å². The highest BCUT2D eigenvalue weighted by atomic mass is 16.6. The van der Waals surface area contributed by atoms with Gasteiger partial charge in [0.15, 0.2) is 0 Å². The first kappa shape index (κ1) is 12.5. The van der Waals surface area contributed by atoms with Gasteiger partial charge in [-0.05, 0) is 13.0 Å². The number of aryl methyl sites for hydroxylation is 1. The molecule has 1 aromatic heterocycles. The normalized spacial score (nSPS) is 20.0. The summed E-state index contributed by atoms with van der Waals surface area (Å²) >= 11 is 0. The molecule has 6 heteroatoms. The zero-order valence-corrected chi connectivity index (χ0v) is 10.4. The van der Waals surface area contributed by atoms with Crippen LogP contribution in [0, 0.1) is 23.0 Å². The van der Waals surface area contributed by atoms with E-state index in [4.69, 9.17) is 0 Å². The number of nitrogens with zero attached hydrogens (tertiary/aromatic N) is 3. The largest absolute Gasteiger partial charge is 0.355 e. The highest BCUT2D eigenvalue weighted by Gasteiger charge is 2.25. The van der Waals surface area contributed by atoms with Crippen molar-refractivity contribution in [3.05, 3.63) is 27.9 Å². The van der Waals surface area contributed by atoms with Crippen LogP contribution in [0.25, 0.3) is 0 Å². The molecule has 1 atom stereocenters. The van der Waals surface area contributed by atoms with E-state index in [0.717, 1.165) is 0 Å². The minimum absolute atomic E-state index is 0.00366. The van der Waals surface area contributed by atoms with E-state index in [1.807, 2.05) is 11.8 Å². The van der Waals surface area contributed by atoms with Gasteiger partial charge in [-0.3, -0.25) is 14.9 Å². The Morgan fingerprint density at radius 3 is 2.83 bits per heavy atom. The predicted molar refractivity (Wildman–Crippen MR) is 66.6 cm³/mol. The van der Waals surface area contributed by atoms with Crippen molar-refractivity contribution < 1.29 is 9.72 Å². The highest BCUT2D eigenvalue weighted by molar-refractivity contribution is 5.83. The Labute approximate surface area is 105 Å². The lowest BCUT2D eigenvalue weighted by Gasteiger charge is -2.31. The lowest BCUT2D eigenvalue weighted by atomic mass is 9.98. The zero-order valence-electron chi connectivity index (χ0n) is 10.4. The Balaban J connectivity index is 2.22. The Morgan fingerprint density at radius 2 is 2.28 bits per heavy atom. The molecule has 18 heavy (non-hydrogen) atoms. The number of rotatable bonds is 2. The topological polar surface area (TPSA) is 76.3 Å². The van der Waals surface area contributed by atoms with E-state index in [1.165, 1.54) is 6.20 Å². The van der Waals surface area contributed by atoms with Gasteiger partial charge < -0.3 is 4.90 Å². The number of aromatic nitrogens is 1. The number of ketones is 1. The first-order valence-electron chi connectivity index (χ1n) is 5.87. The number of carbonyl (C=O) groups is 1. The lowest BCUT2D eigenvalue weighted by molar-refractivity contribution is -0.385. The number of anilines is 1. The molecule has 0 radical (unpaired) electrons. The molecule has 1 aliphatic heterocycles. The highest BCUT2D eigenvalue weighted by Crippen LogP contribution is 2.24. The van der Waals surface area contributed by atoms with Gasteiger partial charge in [-0.15, -0.1) is 0 Å². The molecule has 1 saturated heterocycles. The predicted octanol–water partition coefficient (Wildman–Crippen LogP) is 1.71. The van der Waals surface area contributed by atoms with Gasteiger partial charge in [-0.1, -0.05) is 6.92 Å². The number of carbonyl (C=O) groups excluding carboxylic acids is 1. The first-order chi connectivity index (χ1) is 8.49. The smallest absolute Gasteiger partial charge is 0.290 e. The maximum atomic E-state index is 11.4. The molecule has 0 amide bonds. The average molecular weight is 249 g/mol. The number of piperidine rings is 1. The molecule has 0 bridgehead atoms. The molecule has 0 aromatic carbocycles. The Bertz CT molecular complexity index is 501. The molecule has 6 nitrogen and oxygen atoms in total. The average Bonchev–Trinajstić information content (AvgIpc) is 2.32. The van der Waals surface area contributed by atoms with Crippen LogP contribution in [-0.4, -0.2) is 28.8 Å². The lowest BCUT2D eigenvalue weighted by Crippen LogP contribution is -2.40. The van der Waals surface area contributed by atoms with Crippen molar-refractivity contribution in [2.45, 2.75) is 20.3 Å². The molecule has 1 unspecified atom stereocenters. The zero-order chi connectivity index (χ0) is 13.3. The number of Topliss-reactive ketones (excluding diaryl/α,β-unsaturated/α-hetero) is 1. The Hall–Kier alpha value is -1.98. The molecule has 0 N–H and O–H groups in total. The number of nitro groups is 1. The molecule has 1 aromatic rings. The van der Waals surface area contributed by atoms with Crippen LogP contribution in [0.1, 0.15) is 18.9 Å². The monoisotopic (exact) mass is 249 g/mol. The molecule has 2 rings (SSSR count). The fraction of sp³-hybridized carbons (Fsp3) is 0.500. The van der Waals surface area contributed by atoms with Crippen molar-refractivity contribution in [2.75, 3.05) is 18.0 Å². The van der Waals surface area contributed by atoms with Crippen LogP contribution < -0.4 is 4.90 Å². The van der Waals surface area contributed by atoms with Gasteiger partial charge in [0.1, 0.15) is 17.8 Å². The van der Waals surface area contributed by atoms with Crippen LogP contribution in [0.5, 0.6) is 0 Å². The van der Waals surface area contributed by atoms with Gasteiger partial charge in [0.2, 0.25) is 0 Å². The van der Waals surface area contributed by atoms with E-state index in [2.05, 4.69) is 4.98 Å². The van der Waals surface area contributed by atoms with Crippen LogP contribution in [0.3, 0.4) is 0 Å². The van der Waals surface area contributed by atoms with Crippen molar-refractivity contribution in [1.29, 1.82) is 0 Å². The van der Waals surface area contributed by atoms with Gasteiger partial charge in [0.05, 0.1) is 4.92 Å². The van der Waals surface area contributed by atoms with Crippen molar-refractivity contribution in [3.63, 3.8) is 0 Å². The molecule has 1 aliphatic rings. The number of pyridine rings is 1. The molecule has 0 aliphatic carbocycles. The molecule has 0 saturated carbocycles. The molecule has 0 spiro atoms. The Kier molecular flexibility index (Phi) is 3.27.